The number of hydrogen-bond acceptors (Lipinski definition) is 1. The van der Waals surface area contributed by atoms with Crippen LogP contribution >= 0.6 is 0 Å². The molecule has 0 saturated heterocycles. The number of benzene rings is 2. The van der Waals surface area contributed by atoms with Crippen molar-refractivity contribution in [3.8, 4) is 16.9 Å². The van der Waals surface area contributed by atoms with Crippen LogP contribution in [0.5, 0.6) is 5.75 Å². The Bertz CT molecular complexity index is 829. The van der Waals surface area contributed by atoms with Gasteiger partial charge in [0.05, 0.1) is 0 Å². The summed E-state index contributed by atoms with van der Waals surface area (Å²) in [5, 5.41) is 0. The van der Waals surface area contributed by atoms with Crippen molar-refractivity contribution in [3.05, 3.63) is 66.2 Å². The number of alkyl halides is 3. The van der Waals surface area contributed by atoms with Gasteiger partial charge in [-0.15, -0.1) is 0 Å². The second kappa shape index (κ2) is 12.9. The molecule has 0 radical (unpaired) electrons. The van der Waals surface area contributed by atoms with E-state index in [-0.39, 0.29) is 12.7 Å². The first-order chi connectivity index (χ1) is 15.9. The van der Waals surface area contributed by atoms with Crippen LogP contribution in [0.3, 0.4) is 0 Å². The van der Waals surface area contributed by atoms with Crippen LogP contribution in [0.15, 0.2) is 60.7 Å². The third kappa shape index (κ3) is 8.91. The minimum atomic E-state index is -4.30. The lowest BCUT2D eigenvalue weighted by Gasteiger charge is -2.29. The fourth-order valence-electron chi connectivity index (χ4n) is 4.84. The van der Waals surface area contributed by atoms with Crippen LogP contribution in [0.2, 0.25) is 0 Å². The molecule has 0 amide bonds. The quantitative estimate of drug-likeness (QED) is 0.241. The van der Waals surface area contributed by atoms with Gasteiger partial charge in [-0.2, -0.15) is 13.2 Å². The molecule has 2 aromatic rings. The summed E-state index contributed by atoms with van der Waals surface area (Å²) < 4.78 is 41.7. The van der Waals surface area contributed by atoms with Gasteiger partial charge in [0.1, 0.15) is 12.4 Å². The van der Waals surface area contributed by atoms with Gasteiger partial charge in [-0.05, 0) is 72.4 Å². The van der Waals surface area contributed by atoms with E-state index in [0.29, 0.717) is 11.7 Å². The number of ether oxygens (including phenoxy) is 1. The molecule has 33 heavy (non-hydrogen) atoms. The van der Waals surface area contributed by atoms with E-state index in [1.54, 1.807) is 12.1 Å². The van der Waals surface area contributed by atoms with Crippen molar-refractivity contribution in [2.24, 2.45) is 5.92 Å². The van der Waals surface area contributed by atoms with Crippen LogP contribution in [0.1, 0.15) is 82.6 Å². The molecule has 0 N–H and O–H groups in total. The molecule has 1 nitrogen and oxygen atoms in total. The molecule has 1 saturated carbocycles. The van der Waals surface area contributed by atoms with Gasteiger partial charge in [0.25, 0.3) is 0 Å². The van der Waals surface area contributed by atoms with Gasteiger partial charge < -0.3 is 4.74 Å². The molecule has 2 aromatic carbocycles. The maximum atomic E-state index is 12.1. The summed E-state index contributed by atoms with van der Waals surface area (Å²) in [5.41, 5.74) is 3.66. The normalized spacial score (nSPS) is 19.2. The van der Waals surface area contributed by atoms with Crippen molar-refractivity contribution in [1.82, 2.24) is 0 Å². The zero-order valence-electron chi connectivity index (χ0n) is 19.7. The lowest BCUT2D eigenvalue weighted by atomic mass is 9.77. The SMILES string of the molecule is CCCCCCCC1CCC(c2ccc(-c3ccc(OC/C=C/C(F)(F)F)cc3)cc2)CC1. The number of rotatable bonds is 11. The third-order valence-corrected chi connectivity index (χ3v) is 6.79. The summed E-state index contributed by atoms with van der Waals surface area (Å²) in [6.07, 6.45) is 10.5. The summed E-state index contributed by atoms with van der Waals surface area (Å²) in [4.78, 5) is 0. The van der Waals surface area contributed by atoms with E-state index in [4.69, 9.17) is 4.74 Å². The monoisotopic (exact) mass is 458 g/mol. The molecule has 1 fully saturated rings. The Hall–Kier alpha value is -2.23. The van der Waals surface area contributed by atoms with E-state index >= 15 is 0 Å². The van der Waals surface area contributed by atoms with Crippen LogP contribution < -0.4 is 4.74 Å². The van der Waals surface area contributed by atoms with E-state index in [1.165, 1.54) is 69.8 Å². The molecule has 1 aliphatic carbocycles. The Kier molecular flexibility index (Phi) is 9.90. The zero-order chi connectivity index (χ0) is 23.5. The average molecular weight is 459 g/mol. The Morgan fingerprint density at radius 1 is 0.818 bits per heavy atom. The predicted octanol–water partition coefficient (Wildman–Crippen LogP) is 9.49. The average Bonchev–Trinajstić information content (AvgIpc) is 2.82. The molecular weight excluding hydrogens is 421 g/mol. The largest absolute Gasteiger partial charge is 0.490 e. The molecule has 180 valence electrons. The smallest absolute Gasteiger partial charge is 0.409 e. The highest BCUT2D eigenvalue weighted by molar-refractivity contribution is 5.64. The van der Waals surface area contributed by atoms with E-state index in [2.05, 4.69) is 31.2 Å². The first kappa shape index (κ1) is 25.4. The standard InChI is InChI=1S/C29H37F3O/c1-2-3-4-5-6-8-23-9-11-24(12-10-23)25-13-15-26(16-14-25)27-17-19-28(20-18-27)33-22-7-21-29(30,31)32/h7,13-21,23-24H,2-6,8-12,22H2,1H3/b21-7+. The van der Waals surface area contributed by atoms with Gasteiger partial charge in [0, 0.05) is 6.08 Å². The van der Waals surface area contributed by atoms with E-state index in [1.807, 2.05) is 12.1 Å². The topological polar surface area (TPSA) is 9.23 Å². The summed E-state index contributed by atoms with van der Waals surface area (Å²) in [5.74, 6) is 2.16. The lowest BCUT2D eigenvalue weighted by molar-refractivity contribution is -0.0801. The molecule has 0 bridgehead atoms. The van der Waals surface area contributed by atoms with Gasteiger partial charge in [-0.1, -0.05) is 81.8 Å². The van der Waals surface area contributed by atoms with Crippen LogP contribution in [0.25, 0.3) is 11.1 Å². The van der Waals surface area contributed by atoms with Crippen LogP contribution in [-0.4, -0.2) is 12.8 Å². The highest BCUT2D eigenvalue weighted by Gasteiger charge is 2.22. The second-order valence-electron chi connectivity index (χ2n) is 9.32. The van der Waals surface area contributed by atoms with Crippen molar-refractivity contribution in [1.29, 1.82) is 0 Å². The third-order valence-electron chi connectivity index (χ3n) is 6.79. The van der Waals surface area contributed by atoms with Crippen molar-refractivity contribution >= 4 is 0 Å². The van der Waals surface area contributed by atoms with Crippen LogP contribution in [0, 0.1) is 5.92 Å². The zero-order valence-corrected chi connectivity index (χ0v) is 19.7. The van der Waals surface area contributed by atoms with Gasteiger partial charge >= 0.3 is 6.18 Å². The Labute approximate surface area is 197 Å². The summed E-state index contributed by atoms with van der Waals surface area (Å²) in [6.45, 7) is 2.17. The van der Waals surface area contributed by atoms with Crippen molar-refractivity contribution in [2.45, 2.75) is 83.2 Å². The Morgan fingerprint density at radius 3 is 2.03 bits per heavy atom. The predicted molar refractivity (Wildman–Crippen MR) is 131 cm³/mol. The summed E-state index contributed by atoms with van der Waals surface area (Å²) in [7, 11) is 0. The molecule has 3 rings (SSSR count). The first-order valence-electron chi connectivity index (χ1n) is 12.5. The Morgan fingerprint density at radius 2 is 1.42 bits per heavy atom. The molecule has 0 aliphatic heterocycles. The van der Waals surface area contributed by atoms with Crippen molar-refractivity contribution in [3.63, 3.8) is 0 Å². The van der Waals surface area contributed by atoms with Crippen LogP contribution in [-0.2, 0) is 0 Å². The number of hydrogen-bond donors (Lipinski definition) is 0. The molecule has 4 heteroatoms. The van der Waals surface area contributed by atoms with Gasteiger partial charge in [0.2, 0.25) is 0 Å². The molecule has 1 aliphatic rings. The highest BCUT2D eigenvalue weighted by atomic mass is 19.4. The maximum absolute atomic E-state index is 12.1. The van der Waals surface area contributed by atoms with Crippen molar-refractivity contribution in [2.75, 3.05) is 6.61 Å². The second-order valence-corrected chi connectivity index (χ2v) is 9.32. The summed E-state index contributed by atoms with van der Waals surface area (Å²) >= 11 is 0. The fourth-order valence-corrected chi connectivity index (χ4v) is 4.84. The minimum absolute atomic E-state index is 0.103. The van der Waals surface area contributed by atoms with Gasteiger partial charge in [-0.25, -0.2) is 0 Å². The number of halogens is 3. The fraction of sp³-hybridized carbons (Fsp3) is 0.517. The van der Waals surface area contributed by atoms with Crippen molar-refractivity contribution < 1.29 is 17.9 Å². The molecule has 0 atom stereocenters. The Balaban J connectivity index is 1.44. The van der Waals surface area contributed by atoms with Crippen LogP contribution in [0.4, 0.5) is 13.2 Å². The molecule has 0 heterocycles. The minimum Gasteiger partial charge on any atom is -0.490 e. The van der Waals surface area contributed by atoms with E-state index in [0.717, 1.165) is 23.1 Å². The van der Waals surface area contributed by atoms with Gasteiger partial charge in [0.15, 0.2) is 0 Å². The molecule has 0 aromatic heterocycles. The molecular formula is C29H37F3O. The lowest BCUT2D eigenvalue weighted by Crippen LogP contribution is -2.13. The highest BCUT2D eigenvalue weighted by Crippen LogP contribution is 2.38. The first-order valence-corrected chi connectivity index (χ1v) is 12.5. The van der Waals surface area contributed by atoms with Gasteiger partial charge in [-0.3, -0.25) is 0 Å². The van der Waals surface area contributed by atoms with E-state index in [9.17, 15) is 13.2 Å². The number of allylic oxidation sites excluding steroid dienone is 1. The molecule has 0 spiro atoms. The molecule has 0 unspecified atom stereocenters. The van der Waals surface area contributed by atoms with E-state index < -0.39 is 6.18 Å². The summed E-state index contributed by atoms with van der Waals surface area (Å²) in [6, 6.07) is 16.4. The number of unbranched alkanes of at least 4 members (excludes halogenated alkanes) is 4. The maximum Gasteiger partial charge on any atom is 0.409 e.